The van der Waals surface area contributed by atoms with E-state index in [2.05, 4.69) is 33.3 Å². The highest BCUT2D eigenvalue weighted by Gasteiger charge is 2.44. The Morgan fingerprint density at radius 1 is 1.10 bits per heavy atom. The summed E-state index contributed by atoms with van der Waals surface area (Å²) in [6.07, 6.45) is 4.33. The van der Waals surface area contributed by atoms with E-state index >= 15 is 0 Å². The number of carbonyl (C=O) groups excluding carboxylic acids is 2. The number of hydrogen-bond acceptors (Lipinski definition) is 9. The summed E-state index contributed by atoms with van der Waals surface area (Å²) in [4.78, 5) is 46.4. The molecule has 4 heterocycles. The van der Waals surface area contributed by atoms with Gasteiger partial charge in [0.25, 0.3) is 5.91 Å². The molecule has 2 saturated heterocycles. The van der Waals surface area contributed by atoms with E-state index in [0.29, 0.717) is 55.2 Å². The van der Waals surface area contributed by atoms with Crippen molar-refractivity contribution >= 4 is 23.2 Å². The van der Waals surface area contributed by atoms with Crippen LogP contribution in [0.15, 0.2) is 66.0 Å². The summed E-state index contributed by atoms with van der Waals surface area (Å²) < 4.78 is 12.4. The van der Waals surface area contributed by atoms with Crippen LogP contribution in [0.3, 0.4) is 0 Å². The highest BCUT2D eigenvalue weighted by Crippen LogP contribution is 2.40. The number of likely N-dealkylation sites (tertiary alicyclic amines) is 1. The van der Waals surface area contributed by atoms with Crippen LogP contribution in [0.25, 0.3) is 0 Å². The zero-order valence-electron chi connectivity index (χ0n) is 23.2. The number of rotatable bonds is 6. The van der Waals surface area contributed by atoms with Crippen molar-refractivity contribution in [1.82, 2.24) is 9.88 Å². The van der Waals surface area contributed by atoms with Gasteiger partial charge in [-0.3, -0.25) is 9.59 Å². The molecular formula is C32H31N5O5. The summed E-state index contributed by atoms with van der Waals surface area (Å²) in [5, 5.41) is 12.2. The van der Waals surface area contributed by atoms with Crippen molar-refractivity contribution in [2.45, 2.75) is 50.4 Å². The second kappa shape index (κ2) is 11.7. The Balaban J connectivity index is 1.09. The second-order valence-electron chi connectivity index (χ2n) is 11.1. The second-order valence-corrected chi connectivity index (χ2v) is 11.1. The fourth-order valence-electron chi connectivity index (χ4n) is 6.02. The number of amides is 1. The van der Waals surface area contributed by atoms with Gasteiger partial charge in [-0.25, -0.2) is 4.98 Å². The maximum Gasteiger partial charge on any atom is 0.256 e. The lowest BCUT2D eigenvalue weighted by atomic mass is 9.82. The molecule has 2 aromatic carbocycles. The molecule has 0 N–H and O–H groups in total. The Kier molecular flexibility index (Phi) is 7.68. The molecule has 0 saturated carbocycles. The minimum Gasteiger partial charge on any atom is -0.486 e. The zero-order chi connectivity index (χ0) is 29.1. The molecule has 6 rings (SSSR count). The molecule has 10 heteroatoms. The largest absolute Gasteiger partial charge is 0.486 e. The van der Waals surface area contributed by atoms with Gasteiger partial charge in [-0.2, -0.15) is 5.26 Å². The van der Waals surface area contributed by atoms with Crippen molar-refractivity contribution in [2.24, 2.45) is 5.18 Å². The maximum atomic E-state index is 13.6. The molecule has 1 amide bonds. The Labute approximate surface area is 243 Å². The van der Waals surface area contributed by atoms with Gasteiger partial charge in [0.05, 0.1) is 48.1 Å². The number of nitriles is 1. The molecule has 1 aromatic heterocycles. The summed E-state index contributed by atoms with van der Waals surface area (Å²) >= 11 is 0. The molecule has 2 fully saturated rings. The fraction of sp³-hybridized carbons (Fsp3) is 0.375. The number of nitrogens with zero attached hydrogens (tertiary/aromatic N) is 5. The first-order valence-corrected chi connectivity index (χ1v) is 14.3. The third-order valence-corrected chi connectivity index (χ3v) is 8.47. The SMILES string of the molecule is N#Cc1ccc2c(c1)C(=O)CC1(CCN(C(=O)c3cc(N4CCC(OCc5ccccc5)CC4)ncc3N=O)CC1)O2. The monoisotopic (exact) mass is 565 g/mol. The van der Waals surface area contributed by atoms with Crippen molar-refractivity contribution in [3.63, 3.8) is 0 Å². The molecule has 1 spiro atoms. The average Bonchev–Trinajstić information content (AvgIpc) is 3.04. The third-order valence-electron chi connectivity index (χ3n) is 8.47. The molecule has 10 nitrogen and oxygen atoms in total. The van der Waals surface area contributed by atoms with Gasteiger partial charge < -0.3 is 19.3 Å². The van der Waals surface area contributed by atoms with Crippen LogP contribution in [0.4, 0.5) is 11.5 Å². The van der Waals surface area contributed by atoms with E-state index in [1.54, 1.807) is 29.2 Å². The molecule has 0 radical (unpaired) electrons. The third kappa shape index (κ3) is 5.60. The van der Waals surface area contributed by atoms with Gasteiger partial charge in [-0.05, 0) is 47.8 Å². The molecule has 0 aliphatic carbocycles. The number of Topliss-reactive ketones (excluding diaryl/α,β-unsaturated/α-hetero) is 1. The van der Waals surface area contributed by atoms with Crippen LogP contribution in [0.5, 0.6) is 5.75 Å². The minimum atomic E-state index is -0.697. The number of piperidine rings is 2. The predicted molar refractivity (Wildman–Crippen MR) is 155 cm³/mol. The van der Waals surface area contributed by atoms with Crippen LogP contribution in [0.2, 0.25) is 0 Å². The Bertz CT molecular complexity index is 1540. The number of ketones is 1. The number of aromatic nitrogens is 1. The normalized spacial score (nSPS) is 18.2. The number of ether oxygens (including phenoxy) is 2. The van der Waals surface area contributed by atoms with E-state index < -0.39 is 5.60 Å². The van der Waals surface area contributed by atoms with Crippen molar-refractivity contribution in [1.29, 1.82) is 5.26 Å². The van der Waals surface area contributed by atoms with Crippen molar-refractivity contribution in [3.05, 3.63) is 88.0 Å². The first-order valence-electron chi connectivity index (χ1n) is 14.3. The van der Waals surface area contributed by atoms with Gasteiger partial charge in [-0.15, -0.1) is 4.91 Å². The van der Waals surface area contributed by atoms with E-state index in [1.165, 1.54) is 6.20 Å². The predicted octanol–water partition coefficient (Wildman–Crippen LogP) is 5.18. The van der Waals surface area contributed by atoms with E-state index in [0.717, 1.165) is 31.5 Å². The smallest absolute Gasteiger partial charge is 0.256 e. The van der Waals surface area contributed by atoms with Gasteiger partial charge in [-0.1, -0.05) is 30.3 Å². The van der Waals surface area contributed by atoms with Gasteiger partial charge in [0.1, 0.15) is 22.9 Å². The fourth-order valence-corrected chi connectivity index (χ4v) is 6.02. The number of carbonyl (C=O) groups is 2. The Morgan fingerprint density at radius 2 is 1.86 bits per heavy atom. The van der Waals surface area contributed by atoms with Gasteiger partial charge in [0.2, 0.25) is 0 Å². The molecule has 214 valence electrons. The number of fused-ring (bicyclic) bond motifs is 1. The lowest BCUT2D eigenvalue weighted by molar-refractivity contribution is -0.00570. The first-order chi connectivity index (χ1) is 20.5. The lowest BCUT2D eigenvalue weighted by Gasteiger charge is -2.44. The van der Waals surface area contributed by atoms with Crippen molar-refractivity contribution in [3.8, 4) is 11.8 Å². The molecular weight excluding hydrogens is 534 g/mol. The molecule has 3 aromatic rings. The zero-order valence-corrected chi connectivity index (χ0v) is 23.2. The summed E-state index contributed by atoms with van der Waals surface area (Å²) in [5.41, 5.74) is 1.53. The van der Waals surface area contributed by atoms with E-state index in [9.17, 15) is 14.5 Å². The number of benzene rings is 2. The average molecular weight is 566 g/mol. The van der Waals surface area contributed by atoms with Crippen LogP contribution in [0, 0.1) is 16.2 Å². The van der Waals surface area contributed by atoms with Crippen LogP contribution < -0.4 is 9.64 Å². The Hall–Kier alpha value is -4.62. The van der Waals surface area contributed by atoms with Crippen molar-refractivity contribution in [2.75, 3.05) is 31.1 Å². The van der Waals surface area contributed by atoms with E-state index in [-0.39, 0.29) is 35.5 Å². The molecule has 0 unspecified atom stereocenters. The topological polar surface area (TPSA) is 125 Å². The van der Waals surface area contributed by atoms with Crippen molar-refractivity contribution < 1.29 is 19.1 Å². The molecule has 42 heavy (non-hydrogen) atoms. The van der Waals surface area contributed by atoms with E-state index in [1.807, 2.05) is 18.2 Å². The number of anilines is 1. The van der Waals surface area contributed by atoms with Crippen LogP contribution in [0.1, 0.15) is 63.9 Å². The standard InChI is InChI=1S/C32H31N5O5/c33-19-23-6-7-29-26(16-23)28(38)18-32(42-29)10-14-37(15-11-32)31(39)25-17-30(34-20-27(25)35-40)36-12-8-24(9-13-36)41-21-22-4-2-1-3-5-22/h1-7,16-17,20,24H,8-15,18,21H2. The number of hydrogen-bond donors (Lipinski definition) is 0. The molecule has 3 aliphatic heterocycles. The van der Waals surface area contributed by atoms with Crippen LogP contribution >= 0.6 is 0 Å². The van der Waals surface area contributed by atoms with Gasteiger partial charge in [0.15, 0.2) is 5.78 Å². The summed E-state index contributed by atoms with van der Waals surface area (Å²) in [6.45, 7) is 2.77. The number of nitroso groups, excluding NO2 is 1. The Morgan fingerprint density at radius 3 is 2.57 bits per heavy atom. The van der Waals surface area contributed by atoms with Crippen LogP contribution in [-0.2, 0) is 11.3 Å². The lowest BCUT2D eigenvalue weighted by Crippen LogP contribution is -2.52. The minimum absolute atomic E-state index is 0.0106. The molecule has 0 bridgehead atoms. The van der Waals surface area contributed by atoms with Crippen LogP contribution in [-0.4, -0.2) is 59.5 Å². The molecule has 0 atom stereocenters. The van der Waals surface area contributed by atoms with E-state index in [4.69, 9.17) is 14.7 Å². The summed E-state index contributed by atoms with van der Waals surface area (Å²) in [5.74, 6) is 0.764. The summed E-state index contributed by atoms with van der Waals surface area (Å²) in [7, 11) is 0. The van der Waals surface area contributed by atoms with Gasteiger partial charge >= 0.3 is 0 Å². The quantitative estimate of drug-likeness (QED) is 0.375. The first kappa shape index (κ1) is 27.5. The molecule has 3 aliphatic rings. The van der Waals surface area contributed by atoms with Gasteiger partial charge in [0, 0.05) is 39.0 Å². The highest BCUT2D eigenvalue weighted by atomic mass is 16.5. The summed E-state index contributed by atoms with van der Waals surface area (Å²) in [6, 6.07) is 18.7. The number of pyridine rings is 1. The maximum absolute atomic E-state index is 13.6. The highest BCUT2D eigenvalue weighted by molar-refractivity contribution is 6.01.